The van der Waals surface area contributed by atoms with Crippen molar-refractivity contribution in [2.24, 2.45) is 0 Å². The Morgan fingerprint density at radius 2 is 1.45 bits per heavy atom. The molecule has 0 aliphatic heterocycles. The first-order valence-electron chi connectivity index (χ1n) is 2.80. The van der Waals surface area contributed by atoms with E-state index >= 15 is 0 Å². The monoisotopic (exact) mass is 298 g/mol. The number of aryl methyl sites for hydroxylation is 2. The average Bonchev–Trinajstić information content (AvgIpc) is 1.59. The molecule has 0 saturated heterocycles. The minimum Gasteiger partial charge on any atom is -0.559 e. The molecule has 0 unspecified atom stereocenters. The largest absolute Gasteiger partial charge is 0.559 e. The van der Waals surface area contributed by atoms with E-state index in [9.17, 15) is 0 Å². The van der Waals surface area contributed by atoms with Crippen molar-refractivity contribution in [2.45, 2.75) is 13.8 Å². The van der Waals surface area contributed by atoms with E-state index in [1.54, 1.807) is 0 Å². The maximum Gasteiger partial charge on any atom is 0 e. The first-order valence-corrected chi connectivity index (χ1v) is 2.80. The van der Waals surface area contributed by atoms with E-state index in [1.807, 2.05) is 19.9 Å². The fourth-order valence-electron chi connectivity index (χ4n) is 0.802. The van der Waals surface area contributed by atoms with E-state index in [0.29, 0.717) is 0 Å². The normalized spacial score (nSPS) is 7.82. The summed E-state index contributed by atoms with van der Waals surface area (Å²) >= 11 is 0. The van der Waals surface area contributed by atoms with Crippen molar-refractivity contribution in [3.63, 3.8) is 0 Å². The van der Waals surface area contributed by atoms with Crippen molar-refractivity contribution >= 4 is 0 Å². The summed E-state index contributed by atoms with van der Waals surface area (Å²) in [6.45, 7) is 3.78. The number of hydrogen-bond donors (Lipinski definition) is 1. The molecule has 0 aliphatic rings. The average molecular weight is 298 g/mol. The van der Waals surface area contributed by atoms with Gasteiger partial charge in [-0.3, -0.25) is 17.2 Å². The maximum atomic E-state index is 8.88. The van der Waals surface area contributed by atoms with E-state index in [0.717, 1.165) is 11.1 Å². The summed E-state index contributed by atoms with van der Waals surface area (Å²) in [5.41, 5.74) is 1.90. The molecule has 0 aliphatic carbocycles. The van der Waals surface area contributed by atoms with Gasteiger partial charge in [0.1, 0.15) is 0 Å². The van der Waals surface area contributed by atoms with Crippen LogP contribution in [0.25, 0.3) is 0 Å². The predicted octanol–water partition coefficient (Wildman–Crippen LogP) is 1.60. The Hall–Kier alpha value is 1.23. The van der Waals surface area contributed by atoms with Gasteiger partial charge >= 0.3 is 0 Å². The van der Waals surface area contributed by atoms with Gasteiger partial charge in [-0.15, -0.1) is 5.75 Å². The van der Waals surface area contributed by atoms with Crippen LogP contribution in [0.5, 0.6) is 5.75 Å². The molecule has 2 radical (unpaired) electrons. The van der Waals surface area contributed by atoms with Crippen LogP contribution in [-0.2, 0) is 65.4 Å². The molecule has 0 saturated carbocycles. The van der Waals surface area contributed by atoms with Crippen molar-refractivity contribution in [2.75, 3.05) is 0 Å². The summed E-state index contributed by atoms with van der Waals surface area (Å²) in [6, 6.07) is 7.34. The summed E-state index contributed by atoms with van der Waals surface area (Å²) in [5.74, 6) is 0.104. The number of phenolic OH excluding ortho intramolecular Hbond substituents is 1. The Bertz CT molecular complexity index is 173. The van der Waals surface area contributed by atoms with Gasteiger partial charge in [0.2, 0.25) is 0 Å². The number of rotatable bonds is 0. The van der Waals surface area contributed by atoms with E-state index in [-0.39, 0.29) is 71.2 Å². The number of benzene rings is 1. The molecule has 0 spiro atoms. The molecule has 1 aromatic rings. The Labute approximate surface area is 118 Å². The Balaban J connectivity index is 0. The number of aromatic hydroxyl groups is 1. The smallest absolute Gasteiger partial charge is 0 e. The molecule has 0 bridgehead atoms. The fraction of sp³-hybridized carbons (Fsp3) is 0.250. The molecule has 1 rings (SSSR count). The third kappa shape index (κ3) is 5.46. The Morgan fingerprint density at radius 3 is 1.73 bits per heavy atom. The second kappa shape index (κ2) is 6.71. The molecular formula is C8H8OY2-2. The SMILES string of the molecule is Cc1[c-]c(O)[c-]c(C)c1.[Y].[Y]. The zero-order valence-electron chi connectivity index (χ0n) is 6.68. The van der Waals surface area contributed by atoms with Gasteiger partial charge in [0.25, 0.3) is 0 Å². The van der Waals surface area contributed by atoms with Crippen LogP contribution >= 0.6 is 0 Å². The van der Waals surface area contributed by atoms with Crippen molar-refractivity contribution in [3.8, 4) is 5.75 Å². The van der Waals surface area contributed by atoms with Crippen LogP contribution in [-0.4, -0.2) is 5.11 Å². The van der Waals surface area contributed by atoms with Gasteiger partial charge in [-0.2, -0.15) is 0 Å². The third-order valence-electron chi connectivity index (χ3n) is 1.06. The van der Waals surface area contributed by atoms with Crippen molar-refractivity contribution in [1.82, 2.24) is 0 Å². The minimum atomic E-state index is 0. The molecule has 0 aromatic heterocycles. The topological polar surface area (TPSA) is 20.2 Å². The molecule has 54 valence electrons. The van der Waals surface area contributed by atoms with Crippen molar-refractivity contribution < 1.29 is 70.5 Å². The zero-order valence-corrected chi connectivity index (χ0v) is 12.4. The van der Waals surface area contributed by atoms with Crippen LogP contribution in [0.2, 0.25) is 0 Å². The van der Waals surface area contributed by atoms with Gasteiger partial charge in [-0.25, -0.2) is 0 Å². The quantitative estimate of drug-likeness (QED) is 0.721. The summed E-state index contributed by atoms with van der Waals surface area (Å²) in [5, 5.41) is 8.88. The molecule has 0 amide bonds. The van der Waals surface area contributed by atoms with Crippen LogP contribution < -0.4 is 0 Å². The molecule has 11 heavy (non-hydrogen) atoms. The van der Waals surface area contributed by atoms with Gasteiger partial charge in [0, 0.05) is 65.4 Å². The molecule has 0 atom stereocenters. The predicted molar refractivity (Wildman–Crippen MR) is 35.3 cm³/mol. The number of phenols is 1. The van der Waals surface area contributed by atoms with Gasteiger partial charge in [0.05, 0.1) is 0 Å². The molecule has 0 fully saturated rings. The van der Waals surface area contributed by atoms with Gasteiger partial charge in [-0.05, 0) is 0 Å². The molecule has 3 heteroatoms. The summed E-state index contributed by atoms with van der Waals surface area (Å²) < 4.78 is 0. The van der Waals surface area contributed by atoms with Crippen LogP contribution in [0.15, 0.2) is 6.07 Å². The van der Waals surface area contributed by atoms with Crippen LogP contribution in [0.3, 0.4) is 0 Å². The van der Waals surface area contributed by atoms with Crippen LogP contribution in [0.1, 0.15) is 11.1 Å². The van der Waals surface area contributed by atoms with Gasteiger partial charge < -0.3 is 17.2 Å². The second-order valence-electron chi connectivity index (χ2n) is 2.11. The molecular weight excluding hydrogens is 290 g/mol. The molecule has 1 aromatic carbocycles. The number of hydrogen-bond acceptors (Lipinski definition) is 1. The second-order valence-corrected chi connectivity index (χ2v) is 2.11. The molecule has 0 heterocycles. The van der Waals surface area contributed by atoms with E-state index < -0.39 is 0 Å². The van der Waals surface area contributed by atoms with Crippen molar-refractivity contribution in [3.05, 3.63) is 29.3 Å². The van der Waals surface area contributed by atoms with E-state index in [4.69, 9.17) is 5.11 Å². The Kier molecular flexibility index (Phi) is 8.99. The molecule has 1 nitrogen and oxygen atoms in total. The maximum absolute atomic E-state index is 8.88. The summed E-state index contributed by atoms with van der Waals surface area (Å²) in [4.78, 5) is 0. The fourth-order valence-corrected chi connectivity index (χ4v) is 0.802. The first-order chi connectivity index (χ1) is 4.18. The van der Waals surface area contributed by atoms with E-state index in [1.165, 1.54) is 0 Å². The molecule has 1 N–H and O–H groups in total. The first kappa shape index (κ1) is 14.7. The minimum absolute atomic E-state index is 0. The van der Waals surface area contributed by atoms with Gasteiger partial charge in [-0.1, -0.05) is 13.8 Å². The van der Waals surface area contributed by atoms with Crippen molar-refractivity contribution in [1.29, 1.82) is 0 Å². The van der Waals surface area contributed by atoms with Gasteiger partial charge in [0.15, 0.2) is 0 Å². The zero-order chi connectivity index (χ0) is 6.85. The standard InChI is InChI=1S/C8H8O.2Y/c1-6-3-7(2)5-8(9)4-6;;/h3,9H,1-2H3;;/q-2;;. The third-order valence-corrected chi connectivity index (χ3v) is 1.06. The summed E-state index contributed by atoms with van der Waals surface area (Å²) in [7, 11) is 0. The van der Waals surface area contributed by atoms with E-state index in [2.05, 4.69) is 12.1 Å². The van der Waals surface area contributed by atoms with Crippen LogP contribution in [0.4, 0.5) is 0 Å². The summed E-state index contributed by atoms with van der Waals surface area (Å²) in [6.07, 6.45) is 0. The Morgan fingerprint density at radius 1 is 1.09 bits per heavy atom. The van der Waals surface area contributed by atoms with Crippen LogP contribution in [0, 0.1) is 26.0 Å².